The van der Waals surface area contributed by atoms with Crippen molar-refractivity contribution >= 4 is 28.1 Å². The molecule has 23 heavy (non-hydrogen) atoms. The van der Waals surface area contributed by atoms with E-state index >= 15 is 0 Å². The third kappa shape index (κ3) is 2.99. The summed E-state index contributed by atoms with van der Waals surface area (Å²) in [6, 6.07) is 20.4. The van der Waals surface area contributed by atoms with Crippen LogP contribution in [0.3, 0.4) is 0 Å². The molecule has 4 rings (SSSR count). The van der Waals surface area contributed by atoms with Crippen LogP contribution in [0.15, 0.2) is 60.7 Å². The largest absolute Gasteiger partial charge is 0.456 e. The highest BCUT2D eigenvalue weighted by Gasteiger charge is 2.14. The fourth-order valence-electron chi connectivity index (χ4n) is 3.10. The Kier molecular flexibility index (Phi) is 3.84. The van der Waals surface area contributed by atoms with Crippen molar-refractivity contribution in [1.82, 2.24) is 0 Å². The van der Waals surface area contributed by atoms with Crippen molar-refractivity contribution in [2.24, 2.45) is 0 Å². The van der Waals surface area contributed by atoms with Crippen molar-refractivity contribution in [2.75, 3.05) is 18.0 Å². The van der Waals surface area contributed by atoms with Crippen molar-refractivity contribution in [3.8, 4) is 11.5 Å². The minimum atomic E-state index is 0.655. The third-order valence-electron chi connectivity index (χ3n) is 4.34. The Balaban J connectivity index is 1.59. The zero-order valence-corrected chi connectivity index (χ0v) is 13.6. The van der Waals surface area contributed by atoms with Crippen LogP contribution in [0.1, 0.15) is 12.8 Å². The van der Waals surface area contributed by atoms with Gasteiger partial charge in [-0.2, -0.15) is 0 Å². The SMILES string of the molecule is Clc1cc(N2CCCC2)ccc1Oc1ccc2ccccc2c1. The van der Waals surface area contributed by atoms with Gasteiger partial charge in [-0.15, -0.1) is 0 Å². The molecule has 1 heterocycles. The third-order valence-corrected chi connectivity index (χ3v) is 4.63. The molecule has 0 spiro atoms. The lowest BCUT2D eigenvalue weighted by molar-refractivity contribution is 0.483. The van der Waals surface area contributed by atoms with Gasteiger partial charge in [-0.05, 0) is 53.9 Å². The van der Waals surface area contributed by atoms with E-state index in [4.69, 9.17) is 16.3 Å². The van der Waals surface area contributed by atoms with Gasteiger partial charge in [0, 0.05) is 18.8 Å². The van der Waals surface area contributed by atoms with Crippen molar-refractivity contribution in [2.45, 2.75) is 12.8 Å². The van der Waals surface area contributed by atoms with Crippen LogP contribution in [0.5, 0.6) is 11.5 Å². The van der Waals surface area contributed by atoms with Gasteiger partial charge in [0.2, 0.25) is 0 Å². The maximum Gasteiger partial charge on any atom is 0.146 e. The number of hydrogen-bond donors (Lipinski definition) is 0. The molecule has 0 radical (unpaired) electrons. The minimum Gasteiger partial charge on any atom is -0.456 e. The first kappa shape index (κ1) is 14.4. The van der Waals surface area contributed by atoms with E-state index in [2.05, 4.69) is 29.2 Å². The Labute approximate surface area is 141 Å². The van der Waals surface area contributed by atoms with Gasteiger partial charge < -0.3 is 9.64 Å². The molecule has 3 aromatic rings. The van der Waals surface area contributed by atoms with E-state index in [9.17, 15) is 0 Å². The molecule has 0 amide bonds. The average molecular weight is 324 g/mol. The van der Waals surface area contributed by atoms with Crippen molar-refractivity contribution in [1.29, 1.82) is 0 Å². The predicted octanol–water partition coefficient (Wildman–Crippen LogP) is 5.89. The summed E-state index contributed by atoms with van der Waals surface area (Å²) in [5.41, 5.74) is 1.18. The molecular weight excluding hydrogens is 306 g/mol. The normalized spacial score (nSPS) is 14.4. The zero-order valence-electron chi connectivity index (χ0n) is 12.8. The van der Waals surface area contributed by atoms with E-state index in [-0.39, 0.29) is 0 Å². The van der Waals surface area contributed by atoms with Gasteiger partial charge in [-0.3, -0.25) is 0 Å². The number of hydrogen-bond acceptors (Lipinski definition) is 2. The van der Waals surface area contributed by atoms with E-state index in [0.29, 0.717) is 10.8 Å². The summed E-state index contributed by atoms with van der Waals surface area (Å²) in [7, 11) is 0. The molecule has 0 saturated carbocycles. The summed E-state index contributed by atoms with van der Waals surface area (Å²) in [4.78, 5) is 2.37. The van der Waals surface area contributed by atoms with Gasteiger partial charge in [-0.25, -0.2) is 0 Å². The molecule has 3 heteroatoms. The average Bonchev–Trinajstić information content (AvgIpc) is 3.11. The lowest BCUT2D eigenvalue weighted by Crippen LogP contribution is -2.17. The van der Waals surface area contributed by atoms with Crippen LogP contribution < -0.4 is 9.64 Å². The maximum atomic E-state index is 6.42. The highest BCUT2D eigenvalue weighted by atomic mass is 35.5. The van der Waals surface area contributed by atoms with Crippen LogP contribution in [0.25, 0.3) is 10.8 Å². The lowest BCUT2D eigenvalue weighted by atomic mass is 10.1. The Morgan fingerprint density at radius 3 is 2.39 bits per heavy atom. The summed E-state index contributed by atoms with van der Waals surface area (Å²) >= 11 is 6.42. The topological polar surface area (TPSA) is 12.5 Å². The standard InChI is InChI=1S/C20H18ClNO/c21-19-14-17(22-11-3-4-12-22)8-10-20(19)23-18-9-7-15-5-1-2-6-16(15)13-18/h1-2,5-10,13-14H,3-4,11-12H2. The first-order valence-corrected chi connectivity index (χ1v) is 8.38. The Hall–Kier alpha value is -2.19. The number of fused-ring (bicyclic) bond motifs is 1. The van der Waals surface area contributed by atoms with Gasteiger partial charge in [0.1, 0.15) is 11.5 Å². The molecule has 0 aromatic heterocycles. The molecule has 2 nitrogen and oxygen atoms in total. The first-order chi connectivity index (χ1) is 11.3. The lowest BCUT2D eigenvalue weighted by Gasteiger charge is -2.18. The molecule has 0 bridgehead atoms. The monoisotopic (exact) mass is 323 g/mol. The zero-order chi connectivity index (χ0) is 15.6. The molecule has 3 aromatic carbocycles. The van der Waals surface area contributed by atoms with Crippen LogP contribution in [-0.4, -0.2) is 13.1 Å². The predicted molar refractivity (Wildman–Crippen MR) is 96.9 cm³/mol. The second-order valence-electron chi connectivity index (χ2n) is 5.92. The van der Waals surface area contributed by atoms with E-state index in [1.165, 1.54) is 23.9 Å². The molecule has 0 aliphatic carbocycles. The van der Waals surface area contributed by atoms with Gasteiger partial charge in [0.15, 0.2) is 0 Å². The van der Waals surface area contributed by atoms with Crippen LogP contribution in [0, 0.1) is 0 Å². The van der Waals surface area contributed by atoms with Crippen LogP contribution >= 0.6 is 11.6 Å². The van der Waals surface area contributed by atoms with Crippen LogP contribution in [0.4, 0.5) is 5.69 Å². The number of nitrogens with zero attached hydrogens (tertiary/aromatic N) is 1. The maximum absolute atomic E-state index is 6.42. The van der Waals surface area contributed by atoms with Gasteiger partial charge in [0.25, 0.3) is 0 Å². The van der Waals surface area contributed by atoms with Gasteiger partial charge in [-0.1, -0.05) is 41.9 Å². The number of benzene rings is 3. The fraction of sp³-hybridized carbons (Fsp3) is 0.200. The highest BCUT2D eigenvalue weighted by Crippen LogP contribution is 2.34. The molecule has 1 aliphatic rings. The summed E-state index contributed by atoms with van der Waals surface area (Å²) < 4.78 is 5.98. The van der Waals surface area contributed by atoms with Gasteiger partial charge in [0.05, 0.1) is 5.02 Å². The second kappa shape index (κ2) is 6.13. The quantitative estimate of drug-likeness (QED) is 0.596. The number of ether oxygens (including phenoxy) is 1. The Bertz CT molecular complexity index is 840. The first-order valence-electron chi connectivity index (χ1n) is 8.01. The minimum absolute atomic E-state index is 0.655. The summed E-state index contributed by atoms with van der Waals surface area (Å²) in [5, 5.41) is 3.02. The molecule has 0 unspecified atom stereocenters. The Morgan fingerprint density at radius 1 is 0.826 bits per heavy atom. The van der Waals surface area contributed by atoms with Crippen molar-refractivity contribution in [3.63, 3.8) is 0 Å². The second-order valence-corrected chi connectivity index (χ2v) is 6.33. The van der Waals surface area contributed by atoms with Gasteiger partial charge >= 0.3 is 0 Å². The smallest absolute Gasteiger partial charge is 0.146 e. The number of anilines is 1. The molecular formula is C20H18ClNO. The van der Waals surface area contributed by atoms with E-state index in [1.807, 2.05) is 36.4 Å². The van der Waals surface area contributed by atoms with E-state index in [0.717, 1.165) is 24.2 Å². The number of halogens is 1. The molecule has 0 N–H and O–H groups in total. The highest BCUT2D eigenvalue weighted by molar-refractivity contribution is 6.32. The van der Waals surface area contributed by atoms with E-state index < -0.39 is 0 Å². The van der Waals surface area contributed by atoms with Crippen LogP contribution in [0.2, 0.25) is 5.02 Å². The molecule has 0 atom stereocenters. The summed E-state index contributed by atoms with van der Waals surface area (Å²) in [6.45, 7) is 2.22. The number of rotatable bonds is 3. The fourth-order valence-corrected chi connectivity index (χ4v) is 3.32. The molecule has 116 valence electrons. The molecule has 1 fully saturated rings. The van der Waals surface area contributed by atoms with E-state index in [1.54, 1.807) is 0 Å². The van der Waals surface area contributed by atoms with Crippen LogP contribution in [-0.2, 0) is 0 Å². The van der Waals surface area contributed by atoms with Crippen molar-refractivity contribution < 1.29 is 4.74 Å². The van der Waals surface area contributed by atoms with Crippen molar-refractivity contribution in [3.05, 3.63) is 65.7 Å². The summed E-state index contributed by atoms with van der Waals surface area (Å²) in [5.74, 6) is 1.50. The Morgan fingerprint density at radius 2 is 1.61 bits per heavy atom. The molecule has 1 saturated heterocycles. The molecule has 1 aliphatic heterocycles. The summed E-state index contributed by atoms with van der Waals surface area (Å²) in [6.07, 6.45) is 2.51.